The van der Waals surface area contributed by atoms with E-state index in [0.29, 0.717) is 11.4 Å². The fourth-order valence-electron chi connectivity index (χ4n) is 1.32. The van der Waals surface area contributed by atoms with E-state index in [1.807, 2.05) is 13.8 Å². The Hall–Kier alpha value is -1.45. The fraction of sp³-hybridized carbons (Fsp3) is 0.538. The molecule has 0 radical (unpaired) electrons. The Labute approximate surface area is 103 Å². The van der Waals surface area contributed by atoms with Crippen LogP contribution in [0.5, 0.6) is 0 Å². The molecule has 0 saturated carbocycles. The normalized spacial score (nSPS) is 15.8. The van der Waals surface area contributed by atoms with Gasteiger partial charge in [0.1, 0.15) is 5.83 Å². The summed E-state index contributed by atoms with van der Waals surface area (Å²) in [7, 11) is 0. The summed E-state index contributed by atoms with van der Waals surface area (Å²) in [5.41, 5.74) is 1.38. The second-order valence-corrected chi connectivity index (χ2v) is 3.93. The zero-order valence-corrected chi connectivity index (χ0v) is 11.2. The van der Waals surface area contributed by atoms with Crippen molar-refractivity contribution >= 4 is 12.1 Å². The van der Waals surface area contributed by atoms with E-state index in [9.17, 15) is 9.18 Å². The molecule has 0 saturated heterocycles. The first-order valence-corrected chi connectivity index (χ1v) is 5.76. The standard InChI is InChI=1S/C13H21FN2O/c1-6-9(3)13(10(4)16-11(5)17)15-8-12(14)7-2/h7-9H,6H2,1-5H3,(H,16,17)/b12-7+,13-10-,15-8+. The van der Waals surface area contributed by atoms with Crippen molar-refractivity contribution in [1.29, 1.82) is 0 Å². The summed E-state index contributed by atoms with van der Waals surface area (Å²) < 4.78 is 13.0. The van der Waals surface area contributed by atoms with Gasteiger partial charge in [0.05, 0.1) is 11.9 Å². The molecule has 1 unspecified atom stereocenters. The van der Waals surface area contributed by atoms with E-state index >= 15 is 0 Å². The van der Waals surface area contributed by atoms with E-state index in [1.165, 1.54) is 19.2 Å². The molecular weight excluding hydrogens is 219 g/mol. The van der Waals surface area contributed by atoms with Crippen LogP contribution in [0.25, 0.3) is 0 Å². The summed E-state index contributed by atoms with van der Waals surface area (Å²) in [6.07, 6.45) is 3.39. The van der Waals surface area contributed by atoms with Crippen LogP contribution in [0.3, 0.4) is 0 Å². The van der Waals surface area contributed by atoms with Crippen molar-refractivity contribution in [3.63, 3.8) is 0 Å². The van der Waals surface area contributed by atoms with E-state index in [4.69, 9.17) is 0 Å². The molecule has 3 nitrogen and oxygen atoms in total. The van der Waals surface area contributed by atoms with Gasteiger partial charge in [0.25, 0.3) is 0 Å². The van der Waals surface area contributed by atoms with E-state index in [2.05, 4.69) is 10.3 Å². The predicted octanol–water partition coefficient (Wildman–Crippen LogP) is 3.34. The lowest BCUT2D eigenvalue weighted by Crippen LogP contribution is -2.20. The summed E-state index contributed by atoms with van der Waals surface area (Å²) in [5.74, 6) is -0.366. The first kappa shape index (κ1) is 15.6. The SMILES string of the molecule is C\C=C(F)/C=N/C(=C(/C)NC(C)=O)C(C)CC. The molecule has 0 heterocycles. The number of halogens is 1. The maximum absolute atomic E-state index is 13.0. The van der Waals surface area contributed by atoms with Crippen LogP contribution in [0.15, 0.2) is 28.3 Å². The predicted molar refractivity (Wildman–Crippen MR) is 69.3 cm³/mol. The first-order valence-electron chi connectivity index (χ1n) is 5.76. The van der Waals surface area contributed by atoms with Gasteiger partial charge in [-0.15, -0.1) is 0 Å². The summed E-state index contributed by atoms with van der Waals surface area (Å²) in [6, 6.07) is 0. The van der Waals surface area contributed by atoms with Crippen molar-refractivity contribution in [1.82, 2.24) is 5.32 Å². The van der Waals surface area contributed by atoms with Crippen molar-refractivity contribution < 1.29 is 9.18 Å². The first-order chi connectivity index (χ1) is 7.92. The monoisotopic (exact) mass is 240 g/mol. The summed E-state index contributed by atoms with van der Waals surface area (Å²) in [6.45, 7) is 8.83. The molecule has 0 rings (SSSR count). The Morgan fingerprint density at radius 1 is 1.47 bits per heavy atom. The molecule has 0 aliphatic heterocycles. The largest absolute Gasteiger partial charge is 0.328 e. The second-order valence-electron chi connectivity index (χ2n) is 3.93. The average molecular weight is 240 g/mol. The van der Waals surface area contributed by atoms with Crippen molar-refractivity contribution in [3.05, 3.63) is 23.3 Å². The third kappa shape index (κ3) is 6.00. The van der Waals surface area contributed by atoms with Gasteiger partial charge >= 0.3 is 0 Å². The van der Waals surface area contributed by atoms with Gasteiger partial charge in [0, 0.05) is 12.6 Å². The number of carbonyl (C=O) groups excluding carboxylic acids is 1. The van der Waals surface area contributed by atoms with Gasteiger partial charge in [0.2, 0.25) is 5.91 Å². The van der Waals surface area contributed by atoms with Gasteiger partial charge in [-0.3, -0.25) is 9.79 Å². The van der Waals surface area contributed by atoms with Gasteiger partial charge in [-0.2, -0.15) is 0 Å². The molecule has 0 bridgehead atoms. The number of carbonyl (C=O) groups is 1. The zero-order valence-electron chi connectivity index (χ0n) is 11.2. The topological polar surface area (TPSA) is 41.5 Å². The average Bonchev–Trinajstić information content (AvgIpc) is 2.27. The Bertz CT molecular complexity index is 356. The minimum atomic E-state index is -0.388. The number of amides is 1. The highest BCUT2D eigenvalue weighted by molar-refractivity contribution is 5.77. The van der Waals surface area contributed by atoms with E-state index in [1.54, 1.807) is 13.8 Å². The van der Waals surface area contributed by atoms with Crippen LogP contribution in [0.4, 0.5) is 4.39 Å². The lowest BCUT2D eigenvalue weighted by Gasteiger charge is -2.13. The highest BCUT2D eigenvalue weighted by Crippen LogP contribution is 2.18. The summed E-state index contributed by atoms with van der Waals surface area (Å²) in [5, 5.41) is 2.68. The number of aliphatic imine (C=N–C) groups is 1. The number of hydrogen-bond acceptors (Lipinski definition) is 2. The molecule has 0 aromatic heterocycles. The molecular formula is C13H21FN2O. The zero-order chi connectivity index (χ0) is 13.4. The third-order valence-electron chi connectivity index (χ3n) is 2.43. The highest BCUT2D eigenvalue weighted by Gasteiger charge is 2.10. The minimum Gasteiger partial charge on any atom is -0.328 e. The van der Waals surface area contributed by atoms with Gasteiger partial charge in [0.15, 0.2) is 0 Å². The van der Waals surface area contributed by atoms with Crippen molar-refractivity contribution in [3.8, 4) is 0 Å². The molecule has 0 aromatic carbocycles. The van der Waals surface area contributed by atoms with Gasteiger partial charge in [-0.1, -0.05) is 19.9 Å². The Balaban J connectivity index is 5.13. The van der Waals surface area contributed by atoms with E-state index in [0.717, 1.165) is 6.42 Å². The molecule has 1 atom stereocenters. The van der Waals surface area contributed by atoms with Gasteiger partial charge < -0.3 is 5.32 Å². The van der Waals surface area contributed by atoms with Crippen molar-refractivity contribution in [2.45, 2.75) is 41.0 Å². The lowest BCUT2D eigenvalue weighted by atomic mass is 10.0. The molecule has 1 amide bonds. The van der Waals surface area contributed by atoms with Crippen molar-refractivity contribution in [2.24, 2.45) is 10.9 Å². The number of nitrogens with zero attached hydrogens (tertiary/aromatic N) is 1. The number of nitrogens with one attached hydrogen (secondary N) is 1. The van der Waals surface area contributed by atoms with Gasteiger partial charge in [-0.05, 0) is 26.2 Å². The minimum absolute atomic E-state index is 0.148. The van der Waals surface area contributed by atoms with Crippen molar-refractivity contribution in [2.75, 3.05) is 0 Å². The van der Waals surface area contributed by atoms with Crippen LogP contribution < -0.4 is 5.32 Å². The van der Waals surface area contributed by atoms with Crippen LogP contribution in [0.2, 0.25) is 0 Å². The quantitative estimate of drug-likeness (QED) is 0.736. The third-order valence-corrected chi connectivity index (χ3v) is 2.43. The number of hydrogen-bond donors (Lipinski definition) is 1. The number of rotatable bonds is 5. The Morgan fingerprint density at radius 2 is 2.06 bits per heavy atom. The van der Waals surface area contributed by atoms with Crippen LogP contribution in [-0.4, -0.2) is 12.1 Å². The maximum Gasteiger partial charge on any atom is 0.221 e. The Kier molecular flexibility index (Phi) is 7.10. The molecule has 96 valence electrons. The molecule has 0 spiro atoms. The lowest BCUT2D eigenvalue weighted by molar-refractivity contribution is -0.118. The van der Waals surface area contributed by atoms with Crippen LogP contribution in [0.1, 0.15) is 41.0 Å². The number of allylic oxidation sites excluding steroid dienone is 4. The van der Waals surface area contributed by atoms with Crippen LogP contribution in [0, 0.1) is 5.92 Å². The molecule has 4 heteroatoms. The molecule has 0 aromatic rings. The molecule has 0 aliphatic carbocycles. The van der Waals surface area contributed by atoms with Crippen LogP contribution >= 0.6 is 0 Å². The van der Waals surface area contributed by atoms with E-state index in [-0.39, 0.29) is 17.7 Å². The molecule has 17 heavy (non-hydrogen) atoms. The van der Waals surface area contributed by atoms with Crippen LogP contribution in [-0.2, 0) is 4.79 Å². The second kappa shape index (κ2) is 7.76. The maximum atomic E-state index is 13.0. The van der Waals surface area contributed by atoms with Gasteiger partial charge in [-0.25, -0.2) is 4.39 Å². The molecule has 1 N–H and O–H groups in total. The molecule has 0 fully saturated rings. The highest BCUT2D eigenvalue weighted by atomic mass is 19.1. The molecule has 0 aliphatic rings. The fourth-order valence-corrected chi connectivity index (χ4v) is 1.32. The summed E-state index contributed by atoms with van der Waals surface area (Å²) >= 11 is 0. The summed E-state index contributed by atoms with van der Waals surface area (Å²) in [4.78, 5) is 15.1. The Morgan fingerprint density at radius 3 is 2.47 bits per heavy atom. The smallest absolute Gasteiger partial charge is 0.221 e. The van der Waals surface area contributed by atoms with E-state index < -0.39 is 0 Å².